The Labute approximate surface area is 89.5 Å². The van der Waals surface area contributed by atoms with Crippen LogP contribution in [0.4, 0.5) is 5.13 Å². The van der Waals surface area contributed by atoms with Gasteiger partial charge in [-0.25, -0.2) is 0 Å². The lowest BCUT2D eigenvalue weighted by Gasteiger charge is -1.91. The first-order valence-electron chi connectivity index (χ1n) is 3.80. The van der Waals surface area contributed by atoms with Gasteiger partial charge in [-0.2, -0.15) is 14.6 Å². The number of anilines is 1. The fourth-order valence-corrected chi connectivity index (χ4v) is 1.34. The van der Waals surface area contributed by atoms with Crippen LogP contribution in [0.25, 0.3) is 0 Å². The molecular weight excluding hydrogens is 218 g/mol. The second-order valence-corrected chi connectivity index (χ2v) is 3.09. The van der Waals surface area contributed by atoms with Crippen LogP contribution >= 0.6 is 11.5 Å². The van der Waals surface area contributed by atoms with Gasteiger partial charge in [-0.1, -0.05) is 5.16 Å². The molecule has 78 valence electrons. The van der Waals surface area contributed by atoms with Crippen LogP contribution in [0, 0.1) is 11.3 Å². The fourth-order valence-electron chi connectivity index (χ4n) is 0.724. The number of rotatable bonds is 3. The lowest BCUT2D eigenvalue weighted by atomic mass is 10.4. The van der Waals surface area contributed by atoms with Gasteiger partial charge in [0.05, 0.1) is 0 Å². The minimum absolute atomic E-state index is 0.0367. The molecule has 0 saturated heterocycles. The van der Waals surface area contributed by atoms with Gasteiger partial charge < -0.3 is 10.2 Å². The average Bonchev–Trinajstić information content (AvgIpc) is 2.61. The third-order valence-corrected chi connectivity index (χ3v) is 1.84. The van der Waals surface area contributed by atoms with E-state index in [0.29, 0.717) is 5.13 Å². The molecule has 0 saturated carbocycles. The molecule has 15 heavy (non-hydrogen) atoms. The summed E-state index contributed by atoms with van der Waals surface area (Å²) in [5.74, 6) is -0.118. The minimum Gasteiger partial charge on any atom is -0.398 e. The van der Waals surface area contributed by atoms with Crippen LogP contribution in [0.5, 0.6) is 0 Å². The van der Waals surface area contributed by atoms with Crippen molar-refractivity contribution in [3.8, 4) is 6.07 Å². The highest BCUT2D eigenvalue weighted by molar-refractivity contribution is 7.10. The van der Waals surface area contributed by atoms with Crippen LogP contribution in [0.15, 0.2) is 5.16 Å². The first-order chi connectivity index (χ1) is 7.17. The molecule has 0 unspecified atom stereocenters. The fraction of sp³-hybridized carbons (Fsp3) is 0.286. The zero-order valence-corrected chi connectivity index (χ0v) is 8.83. The molecular formula is C7H7N5O2S. The number of nitriles is 1. The molecule has 8 heteroatoms. The van der Waals surface area contributed by atoms with Gasteiger partial charge >= 0.3 is 0 Å². The third kappa shape index (κ3) is 2.99. The van der Waals surface area contributed by atoms with E-state index in [1.807, 2.05) is 0 Å². The monoisotopic (exact) mass is 225 g/mol. The molecule has 1 heterocycles. The van der Waals surface area contributed by atoms with Gasteiger partial charge in [0.2, 0.25) is 22.6 Å². The standard InChI is InChI=1S/C7H7N5O2S/c1-4(13)9-7-10-6(12-15-7)5(3-8)11-14-2/h1-2H3,(H,9,10,12,13). The predicted octanol–water partition coefficient (Wildman–Crippen LogP) is 0.371. The summed E-state index contributed by atoms with van der Waals surface area (Å²) in [5, 5.41) is 14.9. The number of nitrogens with zero attached hydrogens (tertiary/aromatic N) is 4. The van der Waals surface area contributed by atoms with Crippen molar-refractivity contribution in [2.24, 2.45) is 5.16 Å². The van der Waals surface area contributed by atoms with Gasteiger partial charge in [0.25, 0.3) is 0 Å². The number of hydrogen-bond donors (Lipinski definition) is 1. The summed E-state index contributed by atoms with van der Waals surface area (Å²) in [7, 11) is 1.32. The Hall–Kier alpha value is -2.01. The van der Waals surface area contributed by atoms with Crippen molar-refractivity contribution in [1.29, 1.82) is 5.26 Å². The third-order valence-electron chi connectivity index (χ3n) is 1.21. The Bertz CT molecular complexity index is 433. The van der Waals surface area contributed by atoms with Gasteiger partial charge in [-0.05, 0) is 0 Å². The highest BCUT2D eigenvalue weighted by atomic mass is 32.1. The van der Waals surface area contributed by atoms with Crippen molar-refractivity contribution in [3.05, 3.63) is 5.82 Å². The zero-order chi connectivity index (χ0) is 11.3. The van der Waals surface area contributed by atoms with E-state index in [2.05, 4.69) is 24.7 Å². The topological polar surface area (TPSA) is 100 Å². The predicted molar refractivity (Wildman–Crippen MR) is 53.4 cm³/mol. The molecule has 0 aromatic carbocycles. The Kier molecular flexibility index (Phi) is 3.70. The molecule has 7 nitrogen and oxygen atoms in total. The molecule has 1 aromatic rings. The number of nitrogens with one attached hydrogen (secondary N) is 1. The van der Waals surface area contributed by atoms with Crippen molar-refractivity contribution in [3.63, 3.8) is 0 Å². The molecule has 0 aliphatic carbocycles. The second-order valence-electron chi connectivity index (χ2n) is 2.34. The van der Waals surface area contributed by atoms with Gasteiger partial charge in [0.1, 0.15) is 13.2 Å². The number of carbonyl (C=O) groups excluding carboxylic acids is 1. The molecule has 0 aliphatic heterocycles. The average molecular weight is 225 g/mol. The smallest absolute Gasteiger partial charge is 0.225 e. The Morgan fingerprint density at radius 3 is 3.00 bits per heavy atom. The quantitative estimate of drug-likeness (QED) is 0.591. The lowest BCUT2D eigenvalue weighted by Crippen LogP contribution is -2.06. The van der Waals surface area contributed by atoms with E-state index < -0.39 is 0 Å². The number of hydrogen-bond acceptors (Lipinski definition) is 7. The van der Waals surface area contributed by atoms with E-state index >= 15 is 0 Å². The zero-order valence-electron chi connectivity index (χ0n) is 8.01. The van der Waals surface area contributed by atoms with Crippen LogP contribution in [0.1, 0.15) is 12.7 Å². The summed E-state index contributed by atoms with van der Waals surface area (Å²) in [6.07, 6.45) is 0. The lowest BCUT2D eigenvalue weighted by molar-refractivity contribution is -0.114. The van der Waals surface area contributed by atoms with Gasteiger partial charge in [-0.15, -0.1) is 0 Å². The van der Waals surface area contributed by atoms with E-state index in [-0.39, 0.29) is 17.4 Å². The molecule has 0 spiro atoms. The summed E-state index contributed by atoms with van der Waals surface area (Å²) < 4.78 is 3.84. The molecule has 0 radical (unpaired) electrons. The van der Waals surface area contributed by atoms with E-state index in [4.69, 9.17) is 5.26 Å². The molecule has 1 aromatic heterocycles. The molecule has 0 atom stereocenters. The summed E-state index contributed by atoms with van der Waals surface area (Å²) >= 11 is 0.967. The van der Waals surface area contributed by atoms with Crippen molar-refractivity contribution < 1.29 is 9.63 Å². The number of oxime groups is 1. The largest absolute Gasteiger partial charge is 0.398 e. The molecule has 1 rings (SSSR count). The van der Waals surface area contributed by atoms with E-state index in [0.717, 1.165) is 11.5 Å². The molecule has 1 amide bonds. The van der Waals surface area contributed by atoms with E-state index in [1.165, 1.54) is 14.0 Å². The van der Waals surface area contributed by atoms with Crippen LogP contribution in [-0.4, -0.2) is 28.1 Å². The minimum atomic E-state index is -0.250. The van der Waals surface area contributed by atoms with Crippen LogP contribution in [-0.2, 0) is 9.63 Å². The summed E-state index contributed by atoms with van der Waals surface area (Å²) in [5.41, 5.74) is -0.0367. The van der Waals surface area contributed by atoms with Crippen molar-refractivity contribution in [1.82, 2.24) is 9.36 Å². The maximum atomic E-state index is 10.7. The number of aromatic nitrogens is 2. The maximum absolute atomic E-state index is 10.7. The van der Waals surface area contributed by atoms with Crippen LogP contribution in [0.3, 0.4) is 0 Å². The first-order valence-corrected chi connectivity index (χ1v) is 4.57. The highest BCUT2D eigenvalue weighted by Gasteiger charge is 2.11. The van der Waals surface area contributed by atoms with Gasteiger partial charge in [0.15, 0.2) is 0 Å². The van der Waals surface area contributed by atoms with E-state index in [1.54, 1.807) is 6.07 Å². The van der Waals surface area contributed by atoms with Gasteiger partial charge in [0, 0.05) is 18.5 Å². The van der Waals surface area contributed by atoms with Gasteiger partial charge in [-0.3, -0.25) is 4.79 Å². The highest BCUT2D eigenvalue weighted by Crippen LogP contribution is 2.11. The van der Waals surface area contributed by atoms with Crippen molar-refractivity contribution >= 4 is 28.3 Å². The summed E-state index contributed by atoms with van der Waals surface area (Å²) in [6.45, 7) is 1.36. The Balaban J connectivity index is 2.88. The van der Waals surface area contributed by atoms with Crippen LogP contribution < -0.4 is 5.32 Å². The Morgan fingerprint density at radius 1 is 1.73 bits per heavy atom. The molecule has 0 aliphatic rings. The molecule has 0 bridgehead atoms. The first kappa shape index (κ1) is 11.1. The number of amides is 1. The molecule has 1 N–H and O–H groups in total. The second kappa shape index (κ2) is 5.02. The summed E-state index contributed by atoms with van der Waals surface area (Å²) in [4.78, 5) is 19.0. The van der Waals surface area contributed by atoms with Crippen LogP contribution in [0.2, 0.25) is 0 Å². The number of carbonyl (C=O) groups is 1. The maximum Gasteiger partial charge on any atom is 0.225 e. The van der Waals surface area contributed by atoms with E-state index in [9.17, 15) is 4.79 Å². The van der Waals surface area contributed by atoms with Crippen molar-refractivity contribution in [2.75, 3.05) is 12.4 Å². The Morgan fingerprint density at radius 2 is 2.47 bits per heavy atom. The molecule has 0 fully saturated rings. The SMILES string of the molecule is CON=C(C#N)c1nsc(NC(C)=O)n1. The summed E-state index contributed by atoms with van der Waals surface area (Å²) in [6, 6.07) is 1.78. The normalized spacial score (nSPS) is 10.6. The van der Waals surface area contributed by atoms with Crippen molar-refractivity contribution in [2.45, 2.75) is 6.92 Å².